The minimum Gasteiger partial charge on any atom is -0.394 e. The average molecular weight is 365 g/mol. The van der Waals surface area contributed by atoms with E-state index < -0.39 is 42.8 Å². The van der Waals surface area contributed by atoms with Gasteiger partial charge in [0, 0.05) is 12.4 Å². The number of hydrogen-bond donors (Lipinski definition) is 3. The van der Waals surface area contributed by atoms with Crippen LogP contribution in [-0.2, 0) is 4.74 Å². The summed E-state index contributed by atoms with van der Waals surface area (Å²) in [5.41, 5.74) is -0.296. The molecule has 1 saturated heterocycles. The number of halogens is 1. The Bertz CT molecular complexity index is 876. The molecular formula is C15H16FN5O5. The third-order valence-corrected chi connectivity index (χ3v) is 3.81. The molecule has 138 valence electrons. The Morgan fingerprint density at radius 1 is 1.42 bits per heavy atom. The summed E-state index contributed by atoms with van der Waals surface area (Å²) in [4.78, 5) is 35.7. The van der Waals surface area contributed by atoms with Crippen LogP contribution in [0, 0.1) is 6.92 Å². The second kappa shape index (κ2) is 7.23. The maximum atomic E-state index is 14.1. The molecule has 1 fully saturated rings. The molecule has 0 aliphatic carbocycles. The second-order valence-corrected chi connectivity index (χ2v) is 5.69. The van der Waals surface area contributed by atoms with Crippen LogP contribution in [-0.4, -0.2) is 60.6 Å². The summed E-state index contributed by atoms with van der Waals surface area (Å²) < 4.78 is 20.1. The zero-order valence-corrected chi connectivity index (χ0v) is 13.6. The summed E-state index contributed by atoms with van der Waals surface area (Å²) in [5.74, 6) is -0.672. The van der Waals surface area contributed by atoms with Gasteiger partial charge in [0.05, 0.1) is 18.5 Å². The number of amides is 1. The van der Waals surface area contributed by atoms with Gasteiger partial charge in [-0.25, -0.2) is 14.2 Å². The highest BCUT2D eigenvalue weighted by molar-refractivity contribution is 6.02. The van der Waals surface area contributed by atoms with Crippen LogP contribution in [0.2, 0.25) is 0 Å². The third-order valence-electron chi connectivity index (χ3n) is 3.81. The SMILES string of the molecule is Cc1cncc(C(=O)Nc2ccn([C@H]3O[C@H](CO)[C@@H](O)[C@H]3F)c(=O)n2)n1. The minimum atomic E-state index is -1.91. The lowest BCUT2D eigenvalue weighted by Gasteiger charge is -2.16. The van der Waals surface area contributed by atoms with E-state index in [-0.39, 0.29) is 11.5 Å². The molecule has 4 atom stereocenters. The van der Waals surface area contributed by atoms with E-state index in [4.69, 9.17) is 9.84 Å². The molecule has 1 aliphatic rings. The zero-order valence-electron chi connectivity index (χ0n) is 13.6. The molecule has 1 aliphatic heterocycles. The van der Waals surface area contributed by atoms with Gasteiger partial charge in [0.1, 0.15) is 23.7 Å². The van der Waals surface area contributed by atoms with Gasteiger partial charge in [0.2, 0.25) is 0 Å². The second-order valence-electron chi connectivity index (χ2n) is 5.69. The van der Waals surface area contributed by atoms with E-state index in [2.05, 4.69) is 20.3 Å². The van der Waals surface area contributed by atoms with Gasteiger partial charge in [-0.2, -0.15) is 4.98 Å². The topological polar surface area (TPSA) is 139 Å². The highest BCUT2D eigenvalue weighted by atomic mass is 19.1. The predicted molar refractivity (Wildman–Crippen MR) is 85.1 cm³/mol. The predicted octanol–water partition coefficient (Wildman–Crippen LogP) is -0.817. The molecule has 0 spiro atoms. The van der Waals surface area contributed by atoms with Crippen LogP contribution in [0.25, 0.3) is 0 Å². The van der Waals surface area contributed by atoms with Crippen LogP contribution in [0.5, 0.6) is 0 Å². The first-order valence-electron chi connectivity index (χ1n) is 7.68. The smallest absolute Gasteiger partial charge is 0.351 e. The van der Waals surface area contributed by atoms with Crippen LogP contribution in [0.3, 0.4) is 0 Å². The normalized spacial score (nSPS) is 25.2. The van der Waals surface area contributed by atoms with E-state index in [1.165, 1.54) is 24.7 Å². The summed E-state index contributed by atoms with van der Waals surface area (Å²) in [5, 5.41) is 21.1. The number of carbonyl (C=O) groups excluding carboxylic acids is 1. The summed E-state index contributed by atoms with van der Waals surface area (Å²) >= 11 is 0. The molecule has 3 rings (SSSR count). The molecule has 2 aromatic heterocycles. The van der Waals surface area contributed by atoms with Gasteiger partial charge in [0.25, 0.3) is 5.91 Å². The number of carbonyl (C=O) groups is 1. The molecule has 0 radical (unpaired) electrons. The van der Waals surface area contributed by atoms with Crippen molar-refractivity contribution in [1.29, 1.82) is 0 Å². The fraction of sp³-hybridized carbons (Fsp3) is 0.400. The minimum absolute atomic E-state index is 0.0489. The van der Waals surface area contributed by atoms with Crippen molar-refractivity contribution in [3.05, 3.63) is 46.5 Å². The van der Waals surface area contributed by atoms with Crippen molar-refractivity contribution >= 4 is 11.7 Å². The van der Waals surface area contributed by atoms with E-state index in [0.29, 0.717) is 5.69 Å². The number of nitrogens with zero attached hydrogens (tertiary/aromatic N) is 4. The van der Waals surface area contributed by atoms with Gasteiger partial charge in [-0.1, -0.05) is 0 Å². The standard InChI is InChI=1S/C15H16FN5O5/c1-7-4-17-5-8(18-7)13(24)19-10-2-3-21(15(25)20-10)14-11(16)12(23)9(6-22)26-14/h2-5,9,11-12,14,22-23H,6H2,1H3,(H,19,20,24,25)/t9-,11-,12-,14+/m1/s1. The Kier molecular flexibility index (Phi) is 5.02. The van der Waals surface area contributed by atoms with Crippen LogP contribution in [0.15, 0.2) is 29.5 Å². The van der Waals surface area contributed by atoms with E-state index in [0.717, 1.165) is 4.57 Å². The summed E-state index contributed by atoms with van der Waals surface area (Å²) in [7, 11) is 0. The Hall–Kier alpha value is -2.76. The number of hydrogen-bond acceptors (Lipinski definition) is 8. The van der Waals surface area contributed by atoms with E-state index in [9.17, 15) is 19.1 Å². The van der Waals surface area contributed by atoms with Crippen LogP contribution >= 0.6 is 0 Å². The first-order chi connectivity index (χ1) is 12.4. The number of anilines is 1. The Morgan fingerprint density at radius 3 is 2.81 bits per heavy atom. The average Bonchev–Trinajstić information content (AvgIpc) is 2.90. The van der Waals surface area contributed by atoms with Crippen LogP contribution in [0.1, 0.15) is 22.4 Å². The summed E-state index contributed by atoms with van der Waals surface area (Å²) in [6.45, 7) is 1.08. The van der Waals surface area contributed by atoms with Crippen molar-refractivity contribution in [3.8, 4) is 0 Å². The van der Waals surface area contributed by atoms with Crippen molar-refractivity contribution in [2.45, 2.75) is 31.5 Å². The number of aliphatic hydroxyl groups excluding tert-OH is 2. The number of aliphatic hydroxyl groups is 2. The van der Waals surface area contributed by atoms with Crippen molar-refractivity contribution in [2.75, 3.05) is 11.9 Å². The number of alkyl halides is 1. The molecular weight excluding hydrogens is 349 g/mol. The fourth-order valence-corrected chi connectivity index (χ4v) is 2.51. The molecule has 0 bridgehead atoms. The van der Waals surface area contributed by atoms with Crippen molar-refractivity contribution < 1.29 is 24.1 Å². The first kappa shape index (κ1) is 18.0. The summed E-state index contributed by atoms with van der Waals surface area (Å²) in [6.07, 6.45) is -2.10. The van der Waals surface area contributed by atoms with Gasteiger partial charge >= 0.3 is 5.69 Å². The first-order valence-corrected chi connectivity index (χ1v) is 7.68. The monoisotopic (exact) mass is 365 g/mol. The molecule has 0 saturated carbocycles. The Morgan fingerprint density at radius 2 is 2.19 bits per heavy atom. The molecule has 0 unspecified atom stereocenters. The van der Waals surface area contributed by atoms with Crippen LogP contribution < -0.4 is 11.0 Å². The lowest BCUT2D eigenvalue weighted by Crippen LogP contribution is -2.33. The van der Waals surface area contributed by atoms with Crippen molar-refractivity contribution in [1.82, 2.24) is 19.5 Å². The lowest BCUT2D eigenvalue weighted by atomic mass is 10.1. The molecule has 3 heterocycles. The van der Waals surface area contributed by atoms with Gasteiger partial charge < -0.3 is 20.3 Å². The molecule has 10 nitrogen and oxygen atoms in total. The van der Waals surface area contributed by atoms with Gasteiger partial charge in [0.15, 0.2) is 12.4 Å². The lowest BCUT2D eigenvalue weighted by molar-refractivity contribution is -0.0490. The molecule has 3 N–H and O–H groups in total. The van der Waals surface area contributed by atoms with Gasteiger partial charge in [-0.3, -0.25) is 14.3 Å². The van der Waals surface area contributed by atoms with E-state index in [1.54, 1.807) is 6.92 Å². The molecule has 26 heavy (non-hydrogen) atoms. The van der Waals surface area contributed by atoms with Crippen LogP contribution in [0.4, 0.5) is 10.2 Å². The number of nitrogens with one attached hydrogen (secondary N) is 1. The van der Waals surface area contributed by atoms with Gasteiger partial charge in [-0.05, 0) is 13.0 Å². The number of rotatable bonds is 4. The fourth-order valence-electron chi connectivity index (χ4n) is 2.51. The van der Waals surface area contributed by atoms with E-state index in [1.807, 2.05) is 0 Å². The quantitative estimate of drug-likeness (QED) is 0.639. The number of ether oxygens (including phenoxy) is 1. The summed E-state index contributed by atoms with van der Waals surface area (Å²) in [6, 6.07) is 1.28. The maximum absolute atomic E-state index is 14.1. The number of aryl methyl sites for hydroxylation is 1. The van der Waals surface area contributed by atoms with E-state index >= 15 is 0 Å². The largest absolute Gasteiger partial charge is 0.394 e. The Balaban J connectivity index is 1.78. The molecule has 2 aromatic rings. The highest BCUT2D eigenvalue weighted by Gasteiger charge is 2.45. The Labute approximate surface area is 146 Å². The molecule has 0 aromatic carbocycles. The third kappa shape index (κ3) is 3.45. The number of aromatic nitrogens is 4. The van der Waals surface area contributed by atoms with Gasteiger partial charge in [-0.15, -0.1) is 0 Å². The van der Waals surface area contributed by atoms with Crippen molar-refractivity contribution in [3.63, 3.8) is 0 Å². The highest BCUT2D eigenvalue weighted by Crippen LogP contribution is 2.30. The molecule has 1 amide bonds. The molecule has 11 heteroatoms. The zero-order chi connectivity index (χ0) is 18.8. The maximum Gasteiger partial charge on any atom is 0.351 e. The van der Waals surface area contributed by atoms with Crippen molar-refractivity contribution in [2.24, 2.45) is 0 Å².